The molecule has 3 fully saturated rings. The Morgan fingerprint density at radius 2 is 1.80 bits per heavy atom. The summed E-state index contributed by atoms with van der Waals surface area (Å²) in [4.78, 5) is 43.3. The molecule has 0 radical (unpaired) electrons. The predicted octanol–water partition coefficient (Wildman–Crippen LogP) is 4.74. The first-order valence-electron chi connectivity index (χ1n) is 13.7. The molecule has 3 aliphatic heterocycles. The quantitative estimate of drug-likeness (QED) is 0.459. The van der Waals surface area contributed by atoms with Crippen molar-refractivity contribution >= 4 is 46.6 Å². The van der Waals surface area contributed by atoms with Crippen LogP contribution in [0.1, 0.15) is 37.7 Å². The molecule has 3 unspecified atom stereocenters. The largest absolute Gasteiger partial charge is 0.497 e. The van der Waals surface area contributed by atoms with Crippen LogP contribution in [0.15, 0.2) is 54.6 Å². The highest BCUT2D eigenvalue weighted by Crippen LogP contribution is 2.55. The number of halogens is 2. The van der Waals surface area contributed by atoms with Gasteiger partial charge in [-0.2, -0.15) is 0 Å². The lowest BCUT2D eigenvalue weighted by molar-refractivity contribution is -0.142. The lowest BCUT2D eigenvalue weighted by Crippen LogP contribution is -2.56. The summed E-state index contributed by atoms with van der Waals surface area (Å²) in [6.45, 7) is 0.201. The summed E-state index contributed by atoms with van der Waals surface area (Å²) in [5.41, 5.74) is 0.0794. The van der Waals surface area contributed by atoms with E-state index in [-0.39, 0.29) is 30.3 Å². The number of methoxy groups -OCH3 is 1. The second-order valence-electron chi connectivity index (χ2n) is 11.0. The molecular weight excluding hydrogens is 553 g/mol. The predicted molar refractivity (Wildman–Crippen MR) is 151 cm³/mol. The normalized spacial score (nSPS) is 29.0. The van der Waals surface area contributed by atoms with Gasteiger partial charge in [-0.25, -0.2) is 0 Å². The lowest BCUT2D eigenvalue weighted by atomic mass is 9.74. The van der Waals surface area contributed by atoms with Crippen LogP contribution in [-0.4, -0.2) is 53.5 Å². The first kappa shape index (κ1) is 27.1. The number of carbonyl (C=O) groups is 3. The third-order valence-corrected chi connectivity index (χ3v) is 9.31. The molecule has 10 heteroatoms. The Hall–Kier alpha value is -3.07. The summed E-state index contributed by atoms with van der Waals surface area (Å²) in [6.07, 6.45) is 8.12. The fraction of sp³-hybridized carbons (Fsp3) is 0.433. The number of hydrogen-bond donors (Lipinski definition) is 2. The summed E-state index contributed by atoms with van der Waals surface area (Å²) in [5.74, 6) is -1.84. The van der Waals surface area contributed by atoms with E-state index in [1.165, 1.54) is 0 Å². The maximum atomic E-state index is 14.2. The van der Waals surface area contributed by atoms with Gasteiger partial charge >= 0.3 is 0 Å². The van der Waals surface area contributed by atoms with Crippen LogP contribution in [0.4, 0.5) is 5.69 Å². The number of likely N-dealkylation sites (tertiary alicyclic amines) is 1. The minimum atomic E-state index is -1.23. The molecule has 2 saturated heterocycles. The lowest BCUT2D eigenvalue weighted by Gasteiger charge is -2.34. The van der Waals surface area contributed by atoms with Gasteiger partial charge < -0.3 is 25.0 Å². The van der Waals surface area contributed by atoms with Crippen molar-refractivity contribution in [2.45, 2.75) is 62.4 Å². The first-order valence-corrected chi connectivity index (χ1v) is 14.4. The number of nitrogens with zero attached hydrogens (tertiary/aromatic N) is 1. The third kappa shape index (κ3) is 4.66. The molecular formula is C30H31Cl2N3O5. The van der Waals surface area contributed by atoms with E-state index < -0.39 is 29.6 Å². The van der Waals surface area contributed by atoms with Crippen LogP contribution < -0.4 is 15.4 Å². The van der Waals surface area contributed by atoms with Crippen LogP contribution in [0, 0.1) is 11.8 Å². The number of benzene rings is 2. The van der Waals surface area contributed by atoms with Gasteiger partial charge in [0, 0.05) is 18.3 Å². The first-order chi connectivity index (χ1) is 19.3. The Bertz CT molecular complexity index is 1360. The third-order valence-electron chi connectivity index (χ3n) is 8.58. The van der Waals surface area contributed by atoms with Gasteiger partial charge in [0.2, 0.25) is 17.7 Å². The molecule has 3 amide bonds. The smallest absolute Gasteiger partial charge is 0.246 e. The zero-order valence-corrected chi connectivity index (χ0v) is 23.6. The highest BCUT2D eigenvalue weighted by molar-refractivity contribution is 6.42. The molecule has 1 saturated carbocycles. The van der Waals surface area contributed by atoms with Crippen molar-refractivity contribution in [1.29, 1.82) is 0 Å². The zero-order chi connectivity index (χ0) is 28.0. The van der Waals surface area contributed by atoms with E-state index in [9.17, 15) is 14.4 Å². The van der Waals surface area contributed by atoms with Crippen LogP contribution in [0.25, 0.3) is 0 Å². The standard InChI is InChI=1S/C30H31Cl2N3O5/c1-39-20-10-7-17(8-11-20)16-35-26(28(37)33-18-5-3-2-4-6-18)30-14-13-23(40-30)24(25(30)29(35)38)27(36)34-19-9-12-21(31)22(32)15-19/h7-15,18,23-26H,2-6,16H2,1H3,(H,33,37)(H,34,36)/t23-,24?,25-,26?,30?/m1/s1. The van der Waals surface area contributed by atoms with Gasteiger partial charge in [-0.15, -0.1) is 0 Å². The Morgan fingerprint density at radius 1 is 1.05 bits per heavy atom. The highest BCUT2D eigenvalue weighted by atomic mass is 35.5. The molecule has 4 aliphatic rings. The topological polar surface area (TPSA) is 97.0 Å². The molecule has 2 aromatic carbocycles. The number of ether oxygens (including phenoxy) is 2. The van der Waals surface area contributed by atoms with Gasteiger partial charge in [0.15, 0.2) is 0 Å². The molecule has 5 atom stereocenters. The molecule has 3 heterocycles. The Kier molecular flexibility index (Phi) is 7.27. The van der Waals surface area contributed by atoms with E-state index in [0.29, 0.717) is 21.5 Å². The van der Waals surface area contributed by atoms with Crippen molar-refractivity contribution in [3.8, 4) is 5.75 Å². The summed E-state index contributed by atoms with van der Waals surface area (Å²) >= 11 is 12.2. The minimum absolute atomic E-state index is 0.0611. The highest BCUT2D eigenvalue weighted by Gasteiger charge is 2.72. The molecule has 1 spiro atoms. The molecule has 210 valence electrons. The monoisotopic (exact) mass is 583 g/mol. The number of anilines is 1. The van der Waals surface area contributed by atoms with E-state index in [1.807, 2.05) is 30.3 Å². The van der Waals surface area contributed by atoms with Crippen LogP contribution in [0.5, 0.6) is 5.75 Å². The number of rotatable bonds is 7. The van der Waals surface area contributed by atoms with Crippen molar-refractivity contribution < 1.29 is 23.9 Å². The summed E-state index contributed by atoms with van der Waals surface area (Å²) in [6, 6.07) is 11.4. The van der Waals surface area contributed by atoms with Crippen LogP contribution in [-0.2, 0) is 25.7 Å². The van der Waals surface area contributed by atoms with Gasteiger partial charge in [-0.3, -0.25) is 14.4 Å². The van der Waals surface area contributed by atoms with Gasteiger partial charge in [-0.05, 0) is 48.7 Å². The summed E-state index contributed by atoms with van der Waals surface area (Å²) in [7, 11) is 1.59. The molecule has 6 rings (SSSR count). The van der Waals surface area contributed by atoms with Crippen molar-refractivity contribution in [2.24, 2.45) is 11.8 Å². The maximum Gasteiger partial charge on any atom is 0.246 e. The number of fused-ring (bicyclic) bond motifs is 1. The minimum Gasteiger partial charge on any atom is -0.497 e. The van der Waals surface area contributed by atoms with Crippen LogP contribution in [0.2, 0.25) is 10.0 Å². The van der Waals surface area contributed by atoms with Crippen LogP contribution >= 0.6 is 23.2 Å². The van der Waals surface area contributed by atoms with Crippen LogP contribution in [0.3, 0.4) is 0 Å². The van der Waals surface area contributed by atoms with Gasteiger partial charge in [0.25, 0.3) is 0 Å². The average Bonchev–Trinajstić information content (AvgIpc) is 3.59. The number of amides is 3. The molecule has 8 nitrogen and oxygen atoms in total. The van der Waals surface area contributed by atoms with E-state index >= 15 is 0 Å². The molecule has 0 aromatic heterocycles. The Labute approximate surface area is 243 Å². The van der Waals surface area contributed by atoms with Gasteiger partial charge in [-0.1, -0.05) is 66.7 Å². The summed E-state index contributed by atoms with van der Waals surface area (Å²) < 4.78 is 11.7. The Morgan fingerprint density at radius 3 is 2.50 bits per heavy atom. The van der Waals surface area contributed by atoms with Crippen molar-refractivity contribution in [3.63, 3.8) is 0 Å². The SMILES string of the molecule is COc1ccc(CN2C(=O)[C@H]3C(C(=O)Nc4ccc(Cl)c(Cl)c4)[C@H]4C=CC3(O4)C2C(=O)NC2CCCCC2)cc1. The number of nitrogens with one attached hydrogen (secondary N) is 2. The van der Waals surface area contributed by atoms with Crippen molar-refractivity contribution in [2.75, 3.05) is 12.4 Å². The number of hydrogen-bond acceptors (Lipinski definition) is 5. The fourth-order valence-corrected chi connectivity index (χ4v) is 6.99. The van der Waals surface area contributed by atoms with Gasteiger partial charge in [0.05, 0.1) is 35.1 Å². The molecule has 1 aliphatic carbocycles. The zero-order valence-electron chi connectivity index (χ0n) is 22.1. The fourth-order valence-electron chi connectivity index (χ4n) is 6.69. The van der Waals surface area contributed by atoms with Crippen molar-refractivity contribution in [3.05, 3.63) is 70.2 Å². The van der Waals surface area contributed by atoms with E-state index in [2.05, 4.69) is 10.6 Å². The summed E-state index contributed by atoms with van der Waals surface area (Å²) in [5, 5.41) is 6.76. The van der Waals surface area contributed by atoms with E-state index in [4.69, 9.17) is 32.7 Å². The molecule has 2 bridgehead atoms. The van der Waals surface area contributed by atoms with E-state index in [1.54, 1.807) is 36.3 Å². The van der Waals surface area contributed by atoms with E-state index in [0.717, 1.165) is 37.7 Å². The number of carbonyl (C=O) groups excluding carboxylic acids is 3. The second-order valence-corrected chi connectivity index (χ2v) is 11.8. The average molecular weight is 584 g/mol. The molecule has 2 aromatic rings. The van der Waals surface area contributed by atoms with Crippen molar-refractivity contribution in [1.82, 2.24) is 10.2 Å². The van der Waals surface area contributed by atoms with Gasteiger partial charge in [0.1, 0.15) is 17.4 Å². The molecule has 2 N–H and O–H groups in total. The Balaban J connectivity index is 1.31. The molecule has 40 heavy (non-hydrogen) atoms. The second kappa shape index (κ2) is 10.7. The maximum absolute atomic E-state index is 14.2.